The van der Waals surface area contributed by atoms with Crippen molar-refractivity contribution in [3.63, 3.8) is 0 Å². The number of hydrogen-bond donors (Lipinski definition) is 0. The van der Waals surface area contributed by atoms with Crippen LogP contribution in [0, 0.1) is 11.5 Å². The second kappa shape index (κ2) is 6.33. The second-order valence-electron chi connectivity index (χ2n) is 2.95. The van der Waals surface area contributed by atoms with Crippen molar-refractivity contribution in [2.24, 2.45) is 0 Å². The minimum Gasteiger partial charge on any atom is -0.463 e. The number of rotatable bonds is 4. The Labute approximate surface area is 89.4 Å². The number of nitriles is 1. The number of carbonyl (C=O) groups excluding carboxylic acids is 1. The van der Waals surface area contributed by atoms with Gasteiger partial charge in [-0.3, -0.25) is 9.69 Å². The topological polar surface area (TPSA) is 53.3 Å². The van der Waals surface area contributed by atoms with Crippen LogP contribution in [0.25, 0.3) is 0 Å². The summed E-state index contributed by atoms with van der Waals surface area (Å²) < 4.78 is 4.90. The Morgan fingerprint density at radius 1 is 1.64 bits per heavy atom. The van der Waals surface area contributed by atoms with Crippen molar-refractivity contribution in [3.8, 4) is 6.19 Å². The molecule has 14 heavy (non-hydrogen) atoms. The van der Waals surface area contributed by atoms with E-state index < -0.39 is 5.97 Å². The summed E-state index contributed by atoms with van der Waals surface area (Å²) >= 11 is 4.91. The van der Waals surface area contributed by atoms with E-state index >= 15 is 0 Å². The van der Waals surface area contributed by atoms with Gasteiger partial charge in [0.1, 0.15) is 4.99 Å². The fraction of sp³-hybridized carbons (Fsp3) is 0.667. The molecule has 0 aromatic carbocycles. The number of ether oxygens (including phenoxy) is 1. The summed E-state index contributed by atoms with van der Waals surface area (Å²) in [5, 5.41) is 8.63. The lowest BCUT2D eigenvalue weighted by molar-refractivity contribution is -0.145. The van der Waals surface area contributed by atoms with Gasteiger partial charge in [-0.2, -0.15) is 5.26 Å². The Hall–Kier alpha value is -1.15. The molecule has 0 saturated heterocycles. The standard InChI is InChI=1S/C9H14N2O2S/c1-4-11(6-10)8(14)5-9(12)13-7(2)3/h7H,4-5H2,1-3H3. The third-order valence-corrected chi connectivity index (χ3v) is 1.77. The van der Waals surface area contributed by atoms with Gasteiger partial charge in [0.2, 0.25) is 0 Å². The highest BCUT2D eigenvalue weighted by Crippen LogP contribution is 1.99. The number of thiocarbonyl (C=S) groups is 1. The summed E-state index contributed by atoms with van der Waals surface area (Å²) in [6, 6.07) is 0. The average molecular weight is 214 g/mol. The van der Waals surface area contributed by atoms with E-state index in [2.05, 4.69) is 0 Å². The molecule has 5 heteroatoms. The first kappa shape index (κ1) is 12.8. The molecule has 0 aliphatic carbocycles. The van der Waals surface area contributed by atoms with Gasteiger partial charge in [0.25, 0.3) is 0 Å². The van der Waals surface area contributed by atoms with Crippen molar-refractivity contribution in [2.45, 2.75) is 33.3 Å². The lowest BCUT2D eigenvalue weighted by Crippen LogP contribution is -2.27. The summed E-state index contributed by atoms with van der Waals surface area (Å²) in [7, 11) is 0. The fourth-order valence-electron chi connectivity index (χ4n) is 0.826. The van der Waals surface area contributed by atoms with Crippen LogP contribution in [0.15, 0.2) is 0 Å². The molecule has 0 N–H and O–H groups in total. The van der Waals surface area contributed by atoms with E-state index in [0.717, 1.165) is 0 Å². The Morgan fingerprint density at radius 3 is 2.57 bits per heavy atom. The van der Waals surface area contributed by atoms with Gasteiger partial charge in [0.05, 0.1) is 12.5 Å². The Kier molecular flexibility index (Phi) is 5.81. The molecule has 0 fully saturated rings. The molecule has 0 aliphatic heterocycles. The van der Waals surface area contributed by atoms with Crippen LogP contribution in [0.5, 0.6) is 0 Å². The van der Waals surface area contributed by atoms with Crippen molar-refractivity contribution in [3.05, 3.63) is 0 Å². The minimum atomic E-state index is -0.390. The van der Waals surface area contributed by atoms with Crippen LogP contribution in [-0.2, 0) is 9.53 Å². The van der Waals surface area contributed by atoms with Gasteiger partial charge in [-0.15, -0.1) is 0 Å². The smallest absolute Gasteiger partial charge is 0.312 e. The molecule has 0 radical (unpaired) electrons. The Bertz CT molecular complexity index is 258. The summed E-state index contributed by atoms with van der Waals surface area (Å²) in [5.41, 5.74) is 0. The number of hydrogen-bond acceptors (Lipinski definition) is 4. The first-order valence-corrected chi connectivity index (χ1v) is 4.81. The highest BCUT2D eigenvalue weighted by atomic mass is 32.1. The highest BCUT2D eigenvalue weighted by molar-refractivity contribution is 7.80. The molecule has 0 bridgehead atoms. The molecule has 0 aromatic heterocycles. The minimum absolute atomic E-state index is 0.00505. The largest absolute Gasteiger partial charge is 0.463 e. The van der Waals surface area contributed by atoms with Gasteiger partial charge < -0.3 is 4.74 Å². The van der Waals surface area contributed by atoms with Crippen LogP contribution >= 0.6 is 12.2 Å². The normalized spacial score (nSPS) is 9.36. The van der Waals surface area contributed by atoms with E-state index in [1.807, 2.05) is 6.19 Å². The van der Waals surface area contributed by atoms with Crippen molar-refractivity contribution in [1.29, 1.82) is 5.26 Å². The van der Waals surface area contributed by atoms with E-state index in [-0.39, 0.29) is 12.5 Å². The zero-order valence-electron chi connectivity index (χ0n) is 8.61. The average Bonchev–Trinajstić information content (AvgIpc) is 2.04. The zero-order valence-corrected chi connectivity index (χ0v) is 9.43. The first-order chi connectivity index (χ1) is 6.51. The number of nitrogens with zero attached hydrogens (tertiary/aromatic N) is 2. The molecule has 0 aliphatic rings. The quantitative estimate of drug-likeness (QED) is 0.307. The van der Waals surface area contributed by atoms with Gasteiger partial charge in [0, 0.05) is 6.54 Å². The summed E-state index contributed by atoms with van der Waals surface area (Å²) in [4.78, 5) is 12.7. The second-order valence-corrected chi connectivity index (χ2v) is 3.42. The van der Waals surface area contributed by atoms with Crippen LogP contribution in [0.1, 0.15) is 27.2 Å². The van der Waals surface area contributed by atoms with Crippen LogP contribution in [0.2, 0.25) is 0 Å². The van der Waals surface area contributed by atoms with Gasteiger partial charge >= 0.3 is 5.97 Å². The molecule has 78 valence electrons. The maximum absolute atomic E-state index is 11.2. The molecule has 4 nitrogen and oxygen atoms in total. The molecule has 0 aromatic rings. The molecule has 0 spiro atoms. The highest BCUT2D eigenvalue weighted by Gasteiger charge is 2.13. The van der Waals surface area contributed by atoms with Crippen LogP contribution in [0.3, 0.4) is 0 Å². The van der Waals surface area contributed by atoms with Crippen molar-refractivity contribution in [2.75, 3.05) is 6.54 Å². The van der Waals surface area contributed by atoms with E-state index in [9.17, 15) is 4.79 Å². The van der Waals surface area contributed by atoms with E-state index in [1.165, 1.54) is 4.90 Å². The molecular formula is C9H14N2O2S. The van der Waals surface area contributed by atoms with E-state index in [4.69, 9.17) is 22.2 Å². The van der Waals surface area contributed by atoms with Crippen molar-refractivity contribution < 1.29 is 9.53 Å². The fourth-order valence-corrected chi connectivity index (χ4v) is 1.11. The Balaban J connectivity index is 4.06. The molecule has 0 heterocycles. The predicted molar refractivity (Wildman–Crippen MR) is 56.4 cm³/mol. The van der Waals surface area contributed by atoms with Crippen molar-refractivity contribution >= 4 is 23.2 Å². The molecule has 0 unspecified atom stereocenters. The van der Waals surface area contributed by atoms with Gasteiger partial charge in [-0.1, -0.05) is 12.2 Å². The van der Waals surface area contributed by atoms with Gasteiger partial charge in [0.15, 0.2) is 6.19 Å². The SMILES string of the molecule is CCN(C#N)C(=S)CC(=O)OC(C)C. The first-order valence-electron chi connectivity index (χ1n) is 4.40. The lowest BCUT2D eigenvalue weighted by atomic mass is 10.4. The van der Waals surface area contributed by atoms with Crippen LogP contribution in [-0.4, -0.2) is 28.5 Å². The van der Waals surface area contributed by atoms with Gasteiger partial charge in [-0.25, -0.2) is 0 Å². The zero-order chi connectivity index (χ0) is 11.1. The molecular weight excluding hydrogens is 200 g/mol. The maximum Gasteiger partial charge on any atom is 0.312 e. The summed E-state index contributed by atoms with van der Waals surface area (Å²) in [6.45, 7) is 5.80. The van der Waals surface area contributed by atoms with E-state index in [0.29, 0.717) is 11.5 Å². The summed E-state index contributed by atoms with van der Waals surface area (Å²) in [6.07, 6.45) is 1.74. The van der Waals surface area contributed by atoms with Gasteiger partial charge in [-0.05, 0) is 20.8 Å². The number of carbonyl (C=O) groups is 1. The van der Waals surface area contributed by atoms with E-state index in [1.54, 1.807) is 20.8 Å². The maximum atomic E-state index is 11.2. The predicted octanol–water partition coefficient (Wildman–Crippen LogP) is 1.46. The molecule has 0 rings (SSSR count). The lowest BCUT2D eigenvalue weighted by Gasteiger charge is -2.14. The van der Waals surface area contributed by atoms with Crippen molar-refractivity contribution in [1.82, 2.24) is 4.90 Å². The molecule has 0 atom stereocenters. The van der Waals surface area contributed by atoms with Crippen LogP contribution < -0.4 is 0 Å². The number of esters is 1. The Morgan fingerprint density at radius 2 is 2.21 bits per heavy atom. The molecule has 0 amide bonds. The summed E-state index contributed by atoms with van der Waals surface area (Å²) in [5.74, 6) is -0.390. The third-order valence-electron chi connectivity index (χ3n) is 1.40. The van der Waals surface area contributed by atoms with Crippen LogP contribution in [0.4, 0.5) is 0 Å². The monoisotopic (exact) mass is 214 g/mol. The molecule has 0 saturated carbocycles. The third kappa shape index (κ3) is 4.77.